The van der Waals surface area contributed by atoms with Crippen molar-refractivity contribution in [2.24, 2.45) is 5.92 Å². The summed E-state index contributed by atoms with van der Waals surface area (Å²) in [5, 5.41) is 10.5. The van der Waals surface area contributed by atoms with Gasteiger partial charge >= 0.3 is 12.0 Å². The summed E-state index contributed by atoms with van der Waals surface area (Å²) in [7, 11) is 2.84. The Bertz CT molecular complexity index is 2020. The lowest BCUT2D eigenvalue weighted by Gasteiger charge is -2.39. The smallest absolute Gasteiger partial charge is 0.329 e. The summed E-state index contributed by atoms with van der Waals surface area (Å²) >= 11 is 0. The van der Waals surface area contributed by atoms with E-state index >= 15 is 0 Å². The lowest BCUT2D eigenvalue weighted by molar-refractivity contribution is -0.163. The lowest BCUT2D eigenvalue weighted by atomic mass is 9.99. The summed E-state index contributed by atoms with van der Waals surface area (Å²) < 4.78 is 45.3. The van der Waals surface area contributed by atoms with Crippen LogP contribution in [0.2, 0.25) is 0 Å². The molecular formula is C42H53F2N7O10. The first-order valence-electron chi connectivity index (χ1n) is 20.6. The highest BCUT2D eigenvalue weighted by Gasteiger charge is 2.47. The van der Waals surface area contributed by atoms with E-state index in [4.69, 9.17) is 14.2 Å². The van der Waals surface area contributed by atoms with Crippen molar-refractivity contribution in [3.63, 3.8) is 0 Å². The number of hydrogen-bond donors (Lipinski definition) is 4. The summed E-state index contributed by atoms with van der Waals surface area (Å²) in [6.45, 7) is 5.30. The molecule has 8 unspecified atom stereocenters. The van der Waals surface area contributed by atoms with E-state index in [-0.39, 0.29) is 49.6 Å². The van der Waals surface area contributed by atoms with Gasteiger partial charge in [0.15, 0.2) is 11.5 Å². The normalized spacial score (nSPS) is 26.6. The van der Waals surface area contributed by atoms with Gasteiger partial charge in [0.1, 0.15) is 54.0 Å². The van der Waals surface area contributed by atoms with Crippen LogP contribution in [0.4, 0.5) is 19.3 Å². The molecule has 2 aromatic rings. The molecule has 0 aromatic heterocycles. The number of ether oxygens (including phenoxy) is 3. The molecule has 61 heavy (non-hydrogen) atoms. The monoisotopic (exact) mass is 853 g/mol. The highest BCUT2D eigenvalue weighted by molar-refractivity contribution is 5.99. The maximum absolute atomic E-state index is 14.7. The number of esters is 1. The first-order chi connectivity index (χ1) is 29.1. The second-order valence-electron chi connectivity index (χ2n) is 16.1. The Balaban J connectivity index is 1.34. The Hall–Kier alpha value is -6.01. The second kappa shape index (κ2) is 19.1. The van der Waals surface area contributed by atoms with Gasteiger partial charge in [-0.1, -0.05) is 6.92 Å². The van der Waals surface area contributed by atoms with Crippen molar-refractivity contribution < 1.29 is 56.6 Å². The van der Waals surface area contributed by atoms with Crippen LogP contribution in [0.25, 0.3) is 0 Å². The van der Waals surface area contributed by atoms with Gasteiger partial charge in [-0.05, 0) is 88.1 Å². The van der Waals surface area contributed by atoms with E-state index in [2.05, 4.69) is 21.3 Å². The number of nitrogens with one attached hydrogen (secondary N) is 4. The molecule has 6 rings (SSSR count). The molecule has 7 amide bonds. The number of carbonyl (C=O) groups excluding carboxylic acids is 7. The summed E-state index contributed by atoms with van der Waals surface area (Å²) in [4.78, 5) is 103. The van der Waals surface area contributed by atoms with E-state index in [1.165, 1.54) is 61.0 Å². The number of nitrogens with zero attached hydrogens (tertiary/aromatic N) is 3. The van der Waals surface area contributed by atoms with Gasteiger partial charge in [-0.25, -0.2) is 18.4 Å². The number of hydrogen-bond acceptors (Lipinski definition) is 10. The van der Waals surface area contributed by atoms with Crippen molar-refractivity contribution in [1.82, 2.24) is 30.7 Å². The van der Waals surface area contributed by atoms with Gasteiger partial charge in [0.25, 0.3) is 0 Å². The number of urea groups is 1. The molecule has 4 fully saturated rings. The van der Waals surface area contributed by atoms with E-state index < -0.39 is 102 Å². The molecule has 0 aliphatic carbocycles. The summed E-state index contributed by atoms with van der Waals surface area (Å²) in [5.41, 5.74) is 0.230. The lowest BCUT2D eigenvalue weighted by Crippen LogP contribution is -2.63. The largest absolute Gasteiger partial charge is 0.493 e. The van der Waals surface area contributed by atoms with Crippen molar-refractivity contribution in [2.45, 2.75) is 108 Å². The average molecular weight is 854 g/mol. The number of piperidine rings is 1. The van der Waals surface area contributed by atoms with Crippen LogP contribution in [0.1, 0.15) is 64.9 Å². The van der Waals surface area contributed by atoms with Crippen molar-refractivity contribution in [2.75, 3.05) is 39.2 Å². The van der Waals surface area contributed by atoms with Crippen LogP contribution in [-0.2, 0) is 39.9 Å². The number of carbonyl (C=O) groups is 7. The van der Waals surface area contributed by atoms with Gasteiger partial charge < -0.3 is 50.2 Å². The number of amides is 7. The van der Waals surface area contributed by atoms with Crippen LogP contribution in [0, 0.1) is 17.6 Å². The van der Waals surface area contributed by atoms with Gasteiger partial charge in [-0.15, -0.1) is 0 Å². The molecule has 19 heteroatoms. The zero-order chi connectivity index (χ0) is 44.1. The first kappa shape index (κ1) is 44.5. The van der Waals surface area contributed by atoms with Gasteiger partial charge in [0.05, 0.1) is 14.2 Å². The number of halogens is 2. The number of benzene rings is 2. The molecule has 2 aromatic carbocycles. The van der Waals surface area contributed by atoms with E-state index in [1.807, 2.05) is 6.92 Å². The fourth-order valence-electron chi connectivity index (χ4n) is 8.63. The zero-order valence-corrected chi connectivity index (χ0v) is 34.8. The number of methoxy groups -OCH3 is 2. The van der Waals surface area contributed by atoms with Crippen LogP contribution in [0.5, 0.6) is 11.5 Å². The zero-order valence-electron chi connectivity index (χ0n) is 34.8. The molecule has 0 saturated carbocycles. The number of rotatable bonds is 8. The topological polar surface area (TPSA) is 205 Å². The van der Waals surface area contributed by atoms with Crippen LogP contribution >= 0.6 is 0 Å². The van der Waals surface area contributed by atoms with E-state index in [0.29, 0.717) is 43.2 Å². The Kier molecular flexibility index (Phi) is 14.0. The first-order valence-corrected chi connectivity index (χ1v) is 20.6. The molecule has 4 heterocycles. The van der Waals surface area contributed by atoms with Gasteiger partial charge in [0, 0.05) is 43.9 Å². The third-order valence-corrected chi connectivity index (χ3v) is 11.7. The molecule has 4 saturated heterocycles. The molecule has 4 N–H and O–H groups in total. The van der Waals surface area contributed by atoms with Crippen LogP contribution in [-0.4, -0.2) is 132 Å². The van der Waals surface area contributed by atoms with Gasteiger partial charge in [-0.2, -0.15) is 0 Å². The molecule has 330 valence electrons. The van der Waals surface area contributed by atoms with Crippen LogP contribution in [0.15, 0.2) is 36.4 Å². The molecule has 17 nitrogen and oxygen atoms in total. The molecular weight excluding hydrogens is 800 g/mol. The minimum absolute atomic E-state index is 0.00692. The molecule has 0 bridgehead atoms. The van der Waals surface area contributed by atoms with Crippen molar-refractivity contribution in [3.05, 3.63) is 53.6 Å². The Labute approximate surface area is 352 Å². The van der Waals surface area contributed by atoms with Crippen molar-refractivity contribution in [1.29, 1.82) is 0 Å². The van der Waals surface area contributed by atoms with Crippen LogP contribution in [0.3, 0.4) is 0 Å². The van der Waals surface area contributed by atoms with E-state index in [1.54, 1.807) is 0 Å². The fourth-order valence-corrected chi connectivity index (χ4v) is 8.63. The average Bonchev–Trinajstić information content (AvgIpc) is 3.88. The Morgan fingerprint density at radius 2 is 1.49 bits per heavy atom. The van der Waals surface area contributed by atoms with Gasteiger partial charge in [-0.3, -0.25) is 24.0 Å². The third-order valence-electron chi connectivity index (χ3n) is 11.7. The molecule has 0 radical (unpaired) electrons. The number of anilines is 1. The maximum atomic E-state index is 14.7. The number of fused-ring (bicyclic) bond motifs is 3. The second-order valence-corrected chi connectivity index (χ2v) is 16.1. The molecule has 4 aliphatic rings. The summed E-state index contributed by atoms with van der Waals surface area (Å²) in [5.74, 6) is -5.45. The maximum Gasteiger partial charge on any atom is 0.329 e. The predicted molar refractivity (Wildman–Crippen MR) is 214 cm³/mol. The van der Waals surface area contributed by atoms with Crippen LogP contribution < -0.4 is 30.7 Å². The summed E-state index contributed by atoms with van der Waals surface area (Å²) in [6.07, 6.45) is 0.660. The predicted octanol–water partition coefficient (Wildman–Crippen LogP) is 2.26. The van der Waals surface area contributed by atoms with Crippen molar-refractivity contribution in [3.8, 4) is 11.5 Å². The quantitative estimate of drug-likeness (QED) is 0.285. The Morgan fingerprint density at radius 1 is 0.820 bits per heavy atom. The molecule has 4 aliphatic heterocycles. The standard InChI is InChI=1S/C42H53F2N7O10/c1-22-15-32-41(57)61-24(3)35(40(56)50-14-8-10-31(50)39(55)49-13-7-6-9-30(49)37(53)45-23(2)38(54)51(32)21-22)48-36(52)29(18-25-16-26(43)19-27(44)17-25)47-42(58)46-28-11-12-33(59-4)34(20-28)60-5/h11-12,16-17,19-20,22-24,29-32,35H,6-10,13-15,18,21H2,1-5H3,(H,45,53)(H,48,52)(H2,46,47,58). The van der Waals surface area contributed by atoms with Crippen molar-refractivity contribution >= 4 is 47.2 Å². The fraction of sp³-hybridized carbons (Fsp3) is 0.548. The molecule has 0 spiro atoms. The van der Waals surface area contributed by atoms with Gasteiger partial charge in [0.2, 0.25) is 29.5 Å². The number of cyclic esters (lactones) is 1. The highest BCUT2D eigenvalue weighted by Crippen LogP contribution is 2.31. The van der Waals surface area contributed by atoms with E-state index in [9.17, 15) is 42.3 Å². The molecule has 8 atom stereocenters. The summed E-state index contributed by atoms with van der Waals surface area (Å²) in [6, 6.07) is -1.03. The SMILES string of the molecule is COc1ccc(NC(=O)NC(Cc2cc(F)cc(F)c2)C(=O)NC2C(=O)N3CCCC3C(=O)N3CCCCC3C(=O)NC(C)C(=O)N3CC(C)CC3C(=O)OC2C)cc1OC. The minimum atomic E-state index is -1.65. The highest BCUT2D eigenvalue weighted by atomic mass is 19.1. The third kappa shape index (κ3) is 10.1. The minimum Gasteiger partial charge on any atom is -0.493 e. The van der Waals surface area contributed by atoms with E-state index in [0.717, 1.165) is 12.1 Å². The Morgan fingerprint density at radius 3 is 2.20 bits per heavy atom.